The first-order valence-corrected chi connectivity index (χ1v) is 10.0. The molecule has 0 spiro atoms. The molecule has 0 unspecified atom stereocenters. The van der Waals surface area contributed by atoms with Crippen molar-refractivity contribution in [2.75, 3.05) is 11.9 Å². The fourth-order valence-corrected chi connectivity index (χ4v) is 2.98. The minimum absolute atomic E-state index is 0.0746. The summed E-state index contributed by atoms with van der Waals surface area (Å²) < 4.78 is 29.0. The van der Waals surface area contributed by atoms with Crippen LogP contribution < -0.4 is 10.5 Å². The molecule has 1 amide bonds. The molecule has 0 radical (unpaired) electrons. The third kappa shape index (κ3) is 5.74. The number of esters is 1. The van der Waals surface area contributed by atoms with Gasteiger partial charge in [-0.2, -0.15) is 5.10 Å². The Labute approximate surface area is 167 Å². The minimum atomic E-state index is -3.81. The smallest absolute Gasteiger partial charge is 0.341 e. The van der Waals surface area contributed by atoms with E-state index >= 15 is 0 Å². The molecule has 10 heteroatoms. The molecule has 0 aliphatic heterocycles. The molecule has 29 heavy (non-hydrogen) atoms. The van der Waals surface area contributed by atoms with E-state index in [0.717, 1.165) is 5.56 Å². The van der Waals surface area contributed by atoms with Crippen LogP contribution in [0, 0.1) is 0 Å². The van der Waals surface area contributed by atoms with Crippen LogP contribution in [0.5, 0.6) is 0 Å². The summed E-state index contributed by atoms with van der Waals surface area (Å²) in [5, 5.41) is 11.6. The zero-order valence-electron chi connectivity index (χ0n) is 15.2. The van der Waals surface area contributed by atoms with E-state index in [1.54, 1.807) is 10.9 Å². The highest BCUT2D eigenvalue weighted by atomic mass is 32.2. The van der Waals surface area contributed by atoms with Gasteiger partial charge in [0.15, 0.2) is 6.61 Å². The third-order valence-electron chi connectivity index (χ3n) is 3.86. The summed E-state index contributed by atoms with van der Waals surface area (Å²) in [5.41, 5.74) is 1.60. The van der Waals surface area contributed by atoms with Crippen molar-refractivity contribution in [1.29, 1.82) is 0 Å². The summed E-state index contributed by atoms with van der Waals surface area (Å²) in [6, 6.07) is 14.9. The number of nitrogens with two attached hydrogens (primary N) is 1. The van der Waals surface area contributed by atoms with E-state index in [0.29, 0.717) is 12.2 Å². The molecule has 0 aliphatic rings. The van der Waals surface area contributed by atoms with Crippen molar-refractivity contribution in [2.45, 2.75) is 11.4 Å². The van der Waals surface area contributed by atoms with Gasteiger partial charge in [0.1, 0.15) is 0 Å². The molecule has 2 aromatic carbocycles. The normalized spacial score (nSPS) is 11.1. The molecular weight excluding hydrogens is 396 g/mol. The van der Waals surface area contributed by atoms with Crippen LogP contribution in [0.2, 0.25) is 0 Å². The lowest BCUT2D eigenvalue weighted by molar-refractivity contribution is -0.119. The van der Waals surface area contributed by atoms with Crippen LogP contribution in [0.1, 0.15) is 15.9 Å². The van der Waals surface area contributed by atoms with Gasteiger partial charge in [0, 0.05) is 11.9 Å². The molecule has 0 fully saturated rings. The van der Waals surface area contributed by atoms with Gasteiger partial charge >= 0.3 is 5.97 Å². The molecule has 3 N–H and O–H groups in total. The maximum Gasteiger partial charge on any atom is 0.341 e. The molecule has 3 aromatic rings. The van der Waals surface area contributed by atoms with Crippen LogP contribution in [0.15, 0.2) is 71.9 Å². The summed E-state index contributed by atoms with van der Waals surface area (Å²) in [5.74, 6) is -1.25. The van der Waals surface area contributed by atoms with E-state index in [2.05, 4.69) is 10.4 Å². The van der Waals surface area contributed by atoms with E-state index in [1.165, 1.54) is 30.5 Å². The summed E-state index contributed by atoms with van der Waals surface area (Å²) in [6.07, 6.45) is 2.91. The average Bonchev–Trinajstić information content (AvgIpc) is 3.15. The van der Waals surface area contributed by atoms with Gasteiger partial charge in [-0.25, -0.2) is 18.4 Å². The molecule has 1 aromatic heterocycles. The number of carbonyl (C=O) groups is 2. The Hall–Kier alpha value is -3.50. The van der Waals surface area contributed by atoms with Crippen LogP contribution in [0.4, 0.5) is 5.69 Å². The molecule has 0 saturated carbocycles. The van der Waals surface area contributed by atoms with E-state index < -0.39 is 28.5 Å². The predicted molar refractivity (Wildman–Crippen MR) is 104 cm³/mol. The molecular formula is C19H18N4O5S. The van der Waals surface area contributed by atoms with E-state index in [-0.39, 0.29) is 10.5 Å². The Balaban J connectivity index is 1.51. The first-order valence-electron chi connectivity index (χ1n) is 8.47. The Morgan fingerprint density at radius 3 is 2.41 bits per heavy atom. The highest BCUT2D eigenvalue weighted by Gasteiger charge is 2.13. The molecule has 0 bridgehead atoms. The van der Waals surface area contributed by atoms with Crippen molar-refractivity contribution in [3.05, 3.63) is 78.1 Å². The number of sulfonamides is 1. The second-order valence-electron chi connectivity index (χ2n) is 6.11. The van der Waals surface area contributed by atoms with Gasteiger partial charge in [-0.3, -0.25) is 9.48 Å². The van der Waals surface area contributed by atoms with Gasteiger partial charge in [-0.05, 0) is 29.8 Å². The van der Waals surface area contributed by atoms with Crippen molar-refractivity contribution in [3.63, 3.8) is 0 Å². The molecule has 150 valence electrons. The summed E-state index contributed by atoms with van der Waals surface area (Å²) in [7, 11) is -3.81. The Morgan fingerprint density at radius 1 is 1.07 bits per heavy atom. The number of anilines is 1. The van der Waals surface area contributed by atoms with Crippen molar-refractivity contribution in [2.24, 2.45) is 5.14 Å². The fraction of sp³-hybridized carbons (Fsp3) is 0.105. The number of carbonyl (C=O) groups excluding carboxylic acids is 2. The van der Waals surface area contributed by atoms with Crippen molar-refractivity contribution in [1.82, 2.24) is 9.78 Å². The lowest BCUT2D eigenvalue weighted by Gasteiger charge is -2.06. The average molecular weight is 414 g/mol. The number of rotatable bonds is 7. The first-order chi connectivity index (χ1) is 13.8. The number of benzene rings is 2. The fourth-order valence-electron chi connectivity index (χ4n) is 2.47. The summed E-state index contributed by atoms with van der Waals surface area (Å²) in [4.78, 5) is 23.9. The number of hydrogen-bond donors (Lipinski definition) is 2. The Morgan fingerprint density at radius 2 is 1.76 bits per heavy atom. The minimum Gasteiger partial charge on any atom is -0.452 e. The highest BCUT2D eigenvalue weighted by molar-refractivity contribution is 7.89. The monoisotopic (exact) mass is 414 g/mol. The van der Waals surface area contributed by atoms with Gasteiger partial charge in [0.2, 0.25) is 10.0 Å². The number of primary sulfonamides is 1. The third-order valence-corrected chi connectivity index (χ3v) is 4.79. The zero-order valence-corrected chi connectivity index (χ0v) is 16.0. The second kappa shape index (κ2) is 8.67. The number of amides is 1. The lowest BCUT2D eigenvalue weighted by atomic mass is 10.2. The van der Waals surface area contributed by atoms with Gasteiger partial charge in [-0.15, -0.1) is 0 Å². The Bertz CT molecular complexity index is 1110. The van der Waals surface area contributed by atoms with Crippen LogP contribution >= 0.6 is 0 Å². The highest BCUT2D eigenvalue weighted by Crippen LogP contribution is 2.12. The lowest BCUT2D eigenvalue weighted by Crippen LogP contribution is -2.21. The van der Waals surface area contributed by atoms with Crippen LogP contribution in [0.3, 0.4) is 0 Å². The van der Waals surface area contributed by atoms with Crippen LogP contribution in [-0.4, -0.2) is 36.7 Å². The van der Waals surface area contributed by atoms with Gasteiger partial charge in [0.05, 0.1) is 23.2 Å². The number of hydrogen-bond acceptors (Lipinski definition) is 6. The molecule has 9 nitrogen and oxygen atoms in total. The Kier molecular flexibility index (Phi) is 6.05. The molecule has 3 rings (SSSR count). The maximum atomic E-state index is 12.1. The SMILES string of the molecule is NS(=O)(=O)c1ccc(NC(=O)COC(=O)c2cnn(Cc3ccccc3)c2)cc1. The number of ether oxygens (including phenoxy) is 1. The van der Waals surface area contributed by atoms with Crippen molar-refractivity contribution in [3.8, 4) is 0 Å². The summed E-state index contributed by atoms with van der Waals surface area (Å²) >= 11 is 0. The molecule has 0 atom stereocenters. The van der Waals surface area contributed by atoms with Gasteiger partial charge in [0.25, 0.3) is 5.91 Å². The van der Waals surface area contributed by atoms with Crippen LogP contribution in [0.25, 0.3) is 0 Å². The standard InChI is InChI=1S/C19H18N4O5S/c20-29(26,27)17-8-6-16(7-9-17)22-18(24)13-28-19(25)15-10-21-23(12-15)11-14-4-2-1-3-5-14/h1-10,12H,11,13H2,(H,22,24)(H2,20,26,27). The zero-order chi connectivity index (χ0) is 20.9. The quantitative estimate of drug-likeness (QED) is 0.561. The van der Waals surface area contributed by atoms with Crippen molar-refractivity contribution >= 4 is 27.6 Å². The molecule has 0 aliphatic carbocycles. The van der Waals surface area contributed by atoms with Crippen LogP contribution in [-0.2, 0) is 26.1 Å². The summed E-state index contributed by atoms with van der Waals surface area (Å²) in [6.45, 7) is 0.00274. The molecule has 0 saturated heterocycles. The number of nitrogens with one attached hydrogen (secondary N) is 1. The number of nitrogens with zero attached hydrogens (tertiary/aromatic N) is 2. The first kappa shape index (κ1) is 20.2. The van der Waals surface area contributed by atoms with Crippen molar-refractivity contribution < 1.29 is 22.7 Å². The maximum absolute atomic E-state index is 12.1. The predicted octanol–water partition coefficient (Wildman–Crippen LogP) is 1.37. The van der Waals surface area contributed by atoms with E-state index in [4.69, 9.17) is 9.88 Å². The van der Waals surface area contributed by atoms with E-state index in [9.17, 15) is 18.0 Å². The number of aromatic nitrogens is 2. The van der Waals surface area contributed by atoms with E-state index in [1.807, 2.05) is 30.3 Å². The largest absolute Gasteiger partial charge is 0.452 e. The van der Waals surface area contributed by atoms with Gasteiger partial charge in [-0.1, -0.05) is 30.3 Å². The molecule has 1 heterocycles. The second-order valence-corrected chi connectivity index (χ2v) is 7.67. The van der Waals surface area contributed by atoms with Gasteiger partial charge < -0.3 is 10.1 Å². The topological polar surface area (TPSA) is 133 Å².